The van der Waals surface area contributed by atoms with Gasteiger partial charge in [-0.3, -0.25) is 4.79 Å². The lowest BCUT2D eigenvalue weighted by Crippen LogP contribution is -2.24. The van der Waals surface area contributed by atoms with Gasteiger partial charge in [0.25, 0.3) is 5.91 Å². The van der Waals surface area contributed by atoms with E-state index in [2.05, 4.69) is 24.9 Å². The third kappa shape index (κ3) is 2.93. The van der Waals surface area contributed by atoms with Crippen molar-refractivity contribution in [2.24, 2.45) is 7.05 Å². The van der Waals surface area contributed by atoms with Crippen molar-refractivity contribution in [1.82, 2.24) is 9.88 Å². The van der Waals surface area contributed by atoms with Gasteiger partial charge >= 0.3 is 0 Å². The fourth-order valence-electron chi connectivity index (χ4n) is 2.38. The topological polar surface area (TPSA) is 34.0 Å². The van der Waals surface area contributed by atoms with Gasteiger partial charge in [-0.15, -0.1) is 0 Å². The van der Waals surface area contributed by atoms with Crippen LogP contribution in [-0.4, -0.2) is 17.0 Å². The third-order valence-corrected chi connectivity index (χ3v) is 3.56. The molecular weight excluding hydrogens is 248 g/mol. The van der Waals surface area contributed by atoms with Crippen molar-refractivity contribution in [1.29, 1.82) is 0 Å². The molecule has 0 bridgehead atoms. The second-order valence-corrected chi connectivity index (χ2v) is 5.10. The Morgan fingerprint density at radius 3 is 2.90 bits per heavy atom. The minimum atomic E-state index is 0.0121. The zero-order valence-electron chi connectivity index (χ0n) is 12.3. The van der Waals surface area contributed by atoms with Crippen LogP contribution < -0.4 is 5.32 Å². The highest BCUT2D eigenvalue weighted by atomic mass is 16.1. The van der Waals surface area contributed by atoms with Crippen LogP contribution in [0, 0.1) is 0 Å². The lowest BCUT2D eigenvalue weighted by Gasteiger charge is -2.03. The molecule has 0 aliphatic carbocycles. The number of nitrogens with one attached hydrogen (secondary N) is 1. The molecule has 0 spiro atoms. The number of hydrogen-bond acceptors (Lipinski definition) is 1. The zero-order valence-corrected chi connectivity index (χ0v) is 12.3. The van der Waals surface area contributed by atoms with E-state index in [-0.39, 0.29) is 5.91 Å². The highest BCUT2D eigenvalue weighted by Crippen LogP contribution is 2.22. The van der Waals surface area contributed by atoms with Crippen LogP contribution in [0.25, 0.3) is 17.0 Å². The van der Waals surface area contributed by atoms with Gasteiger partial charge in [-0.25, -0.2) is 0 Å². The average molecular weight is 270 g/mol. The maximum Gasteiger partial charge on any atom is 0.253 e. The number of nitrogens with zero attached hydrogens (tertiary/aromatic N) is 1. The molecule has 0 saturated carbocycles. The number of hydrogen-bond donors (Lipinski definition) is 1. The summed E-state index contributed by atoms with van der Waals surface area (Å²) in [5.41, 5.74) is 2.87. The smallest absolute Gasteiger partial charge is 0.253 e. The van der Waals surface area contributed by atoms with E-state index in [1.807, 2.05) is 36.0 Å². The van der Waals surface area contributed by atoms with Crippen LogP contribution in [0.1, 0.15) is 42.1 Å². The summed E-state index contributed by atoms with van der Waals surface area (Å²) in [4.78, 5) is 12.2. The Kier molecular flexibility index (Phi) is 4.61. The van der Waals surface area contributed by atoms with Gasteiger partial charge in [0.2, 0.25) is 0 Å². The molecule has 0 aliphatic rings. The molecule has 1 amide bonds. The summed E-state index contributed by atoms with van der Waals surface area (Å²) in [6.45, 7) is 6.68. The first kappa shape index (κ1) is 14.4. The molecule has 0 fully saturated rings. The van der Waals surface area contributed by atoms with Gasteiger partial charge in [0.1, 0.15) is 0 Å². The lowest BCUT2D eigenvalue weighted by molar-refractivity contribution is 0.0954. The van der Waals surface area contributed by atoms with Gasteiger partial charge in [-0.1, -0.05) is 44.6 Å². The SMILES string of the molecule is C=Cc1ccc2c(C(=O)NCCCCC)cn(C)c2c1. The van der Waals surface area contributed by atoms with Crippen LogP contribution in [0.4, 0.5) is 0 Å². The normalized spacial score (nSPS) is 10.7. The molecule has 1 aromatic carbocycles. The summed E-state index contributed by atoms with van der Waals surface area (Å²) in [7, 11) is 1.96. The number of carbonyl (C=O) groups excluding carboxylic acids is 1. The standard InChI is InChI=1S/C17H22N2O/c1-4-6-7-10-18-17(20)15-12-19(3)16-11-13(5-2)8-9-14(15)16/h5,8-9,11-12H,2,4,6-7,10H2,1,3H3,(H,18,20). The van der Waals surface area contributed by atoms with Crippen molar-refractivity contribution in [2.45, 2.75) is 26.2 Å². The number of aromatic nitrogens is 1. The average Bonchev–Trinajstić information content (AvgIpc) is 2.80. The summed E-state index contributed by atoms with van der Waals surface area (Å²) < 4.78 is 1.99. The van der Waals surface area contributed by atoms with E-state index in [1.54, 1.807) is 0 Å². The Hall–Kier alpha value is -2.03. The molecule has 2 rings (SSSR count). The molecule has 0 atom stereocenters. The Morgan fingerprint density at radius 2 is 2.20 bits per heavy atom. The summed E-state index contributed by atoms with van der Waals surface area (Å²) in [5.74, 6) is 0.0121. The Balaban J connectivity index is 2.22. The summed E-state index contributed by atoms with van der Waals surface area (Å²) in [6.07, 6.45) is 7.06. The fraction of sp³-hybridized carbons (Fsp3) is 0.353. The minimum absolute atomic E-state index is 0.0121. The van der Waals surface area contributed by atoms with Crippen LogP contribution in [-0.2, 0) is 7.05 Å². The molecule has 1 heterocycles. The molecule has 0 aliphatic heterocycles. The van der Waals surface area contributed by atoms with E-state index in [0.717, 1.165) is 47.8 Å². The van der Waals surface area contributed by atoms with Crippen molar-refractivity contribution in [2.75, 3.05) is 6.54 Å². The first-order chi connectivity index (χ1) is 9.67. The van der Waals surface area contributed by atoms with E-state index in [4.69, 9.17) is 0 Å². The molecule has 3 heteroatoms. The molecule has 106 valence electrons. The number of fused-ring (bicyclic) bond motifs is 1. The number of unbranched alkanes of at least 4 members (excludes halogenated alkanes) is 2. The van der Waals surface area contributed by atoms with Gasteiger partial charge in [0.05, 0.1) is 5.56 Å². The van der Waals surface area contributed by atoms with E-state index in [1.165, 1.54) is 0 Å². The van der Waals surface area contributed by atoms with Crippen molar-refractivity contribution in [3.63, 3.8) is 0 Å². The Bertz CT molecular complexity index is 625. The molecule has 0 radical (unpaired) electrons. The van der Waals surface area contributed by atoms with E-state index in [9.17, 15) is 4.79 Å². The van der Waals surface area contributed by atoms with Crippen molar-refractivity contribution >= 4 is 22.9 Å². The maximum absolute atomic E-state index is 12.2. The minimum Gasteiger partial charge on any atom is -0.352 e. The molecule has 2 aromatic rings. The molecule has 0 saturated heterocycles. The second kappa shape index (κ2) is 6.42. The maximum atomic E-state index is 12.2. The third-order valence-electron chi connectivity index (χ3n) is 3.56. The molecular formula is C17H22N2O. The van der Waals surface area contributed by atoms with Crippen LogP contribution >= 0.6 is 0 Å². The fourth-order valence-corrected chi connectivity index (χ4v) is 2.38. The summed E-state index contributed by atoms with van der Waals surface area (Å²) in [5, 5.41) is 3.99. The largest absolute Gasteiger partial charge is 0.352 e. The van der Waals surface area contributed by atoms with E-state index >= 15 is 0 Å². The summed E-state index contributed by atoms with van der Waals surface area (Å²) >= 11 is 0. The number of carbonyl (C=O) groups is 1. The molecule has 1 aromatic heterocycles. The first-order valence-electron chi connectivity index (χ1n) is 7.17. The molecule has 1 N–H and O–H groups in total. The Morgan fingerprint density at radius 1 is 1.40 bits per heavy atom. The summed E-state index contributed by atoms with van der Waals surface area (Å²) in [6, 6.07) is 6.03. The van der Waals surface area contributed by atoms with Crippen molar-refractivity contribution in [3.05, 3.63) is 42.1 Å². The van der Waals surface area contributed by atoms with Crippen LogP contribution in [0.15, 0.2) is 31.0 Å². The van der Waals surface area contributed by atoms with Gasteiger partial charge < -0.3 is 9.88 Å². The number of benzene rings is 1. The second-order valence-electron chi connectivity index (χ2n) is 5.10. The molecule has 20 heavy (non-hydrogen) atoms. The first-order valence-corrected chi connectivity index (χ1v) is 7.17. The highest BCUT2D eigenvalue weighted by Gasteiger charge is 2.13. The quantitative estimate of drug-likeness (QED) is 0.797. The predicted molar refractivity (Wildman–Crippen MR) is 84.9 cm³/mol. The monoisotopic (exact) mass is 270 g/mol. The highest BCUT2D eigenvalue weighted by molar-refractivity contribution is 6.07. The number of aryl methyl sites for hydroxylation is 1. The van der Waals surface area contributed by atoms with Crippen LogP contribution in [0.5, 0.6) is 0 Å². The van der Waals surface area contributed by atoms with Gasteiger partial charge in [-0.05, 0) is 18.1 Å². The van der Waals surface area contributed by atoms with Gasteiger partial charge in [0, 0.05) is 30.7 Å². The number of amides is 1. The van der Waals surface area contributed by atoms with Gasteiger partial charge in [0.15, 0.2) is 0 Å². The zero-order chi connectivity index (χ0) is 14.5. The lowest BCUT2D eigenvalue weighted by atomic mass is 10.1. The van der Waals surface area contributed by atoms with Crippen LogP contribution in [0.3, 0.4) is 0 Å². The van der Waals surface area contributed by atoms with E-state index < -0.39 is 0 Å². The molecule has 0 unspecified atom stereocenters. The molecule has 3 nitrogen and oxygen atoms in total. The van der Waals surface area contributed by atoms with E-state index in [0.29, 0.717) is 0 Å². The van der Waals surface area contributed by atoms with Gasteiger partial charge in [-0.2, -0.15) is 0 Å². The van der Waals surface area contributed by atoms with Crippen LogP contribution in [0.2, 0.25) is 0 Å². The number of rotatable bonds is 6. The van der Waals surface area contributed by atoms with Crippen molar-refractivity contribution in [3.8, 4) is 0 Å². The predicted octanol–water partition coefficient (Wildman–Crippen LogP) is 3.74. The Labute approximate surface area is 120 Å². The van der Waals surface area contributed by atoms with Crippen molar-refractivity contribution < 1.29 is 4.79 Å².